The van der Waals surface area contributed by atoms with Crippen LogP contribution in [0.25, 0.3) is 0 Å². The molecule has 1 aromatic heterocycles. The zero-order valence-electron chi connectivity index (χ0n) is 8.32. The Labute approximate surface area is 95.7 Å². The Bertz CT molecular complexity index is 422. The van der Waals surface area contributed by atoms with Crippen molar-refractivity contribution in [2.24, 2.45) is 0 Å². The summed E-state index contributed by atoms with van der Waals surface area (Å²) in [5.41, 5.74) is -1.81. The molecule has 0 aromatic carbocycles. The molecule has 8 heteroatoms. The minimum absolute atomic E-state index is 0.263. The molecule has 1 heterocycles. The van der Waals surface area contributed by atoms with Crippen molar-refractivity contribution in [1.29, 1.82) is 0 Å². The maximum atomic E-state index is 10.9. The van der Waals surface area contributed by atoms with E-state index in [9.17, 15) is 14.5 Å². The van der Waals surface area contributed by atoms with Gasteiger partial charge >= 0.3 is 7.60 Å². The molecule has 0 amide bonds. The number of thiophene rings is 1. The van der Waals surface area contributed by atoms with E-state index >= 15 is 0 Å². The van der Waals surface area contributed by atoms with Gasteiger partial charge in [-0.15, -0.1) is 11.3 Å². The van der Waals surface area contributed by atoms with Crippen LogP contribution < -0.4 is 9.84 Å². The minimum atomic E-state index is -4.69. The number of methoxy groups -OCH3 is 1. The molecule has 90 valence electrons. The molecule has 0 radical (unpaired) electrons. The van der Waals surface area contributed by atoms with Crippen molar-refractivity contribution in [3.63, 3.8) is 0 Å². The summed E-state index contributed by atoms with van der Waals surface area (Å²) in [6.07, 6.45) is -0.263. The molecule has 1 atom stereocenters. The second kappa shape index (κ2) is 4.97. The SMILES string of the molecule is COc1ccc(CC(C(=O)[O-])P(=O)(O)O)s1. The van der Waals surface area contributed by atoms with E-state index < -0.39 is 19.2 Å². The lowest BCUT2D eigenvalue weighted by Crippen LogP contribution is -2.36. The molecule has 0 spiro atoms. The van der Waals surface area contributed by atoms with Crippen LogP contribution in [0.5, 0.6) is 5.06 Å². The third-order valence-corrected chi connectivity index (χ3v) is 4.19. The van der Waals surface area contributed by atoms with Crippen LogP contribution in [0.15, 0.2) is 12.1 Å². The Hall–Kier alpha value is -0.880. The lowest BCUT2D eigenvalue weighted by atomic mass is 10.2. The zero-order chi connectivity index (χ0) is 12.3. The first-order valence-corrected chi connectivity index (χ1v) is 6.73. The number of carbonyl (C=O) groups is 1. The first-order chi connectivity index (χ1) is 7.34. The molecule has 1 aromatic rings. The lowest BCUT2D eigenvalue weighted by molar-refractivity contribution is -0.305. The van der Waals surface area contributed by atoms with Crippen LogP contribution in [0, 0.1) is 0 Å². The molecular weight excluding hydrogens is 255 g/mol. The van der Waals surface area contributed by atoms with Crippen molar-refractivity contribution in [3.05, 3.63) is 17.0 Å². The zero-order valence-corrected chi connectivity index (χ0v) is 10.0. The van der Waals surface area contributed by atoms with Gasteiger partial charge in [0.25, 0.3) is 0 Å². The average Bonchev–Trinajstić information content (AvgIpc) is 2.59. The summed E-state index contributed by atoms with van der Waals surface area (Å²) in [5.74, 6) is -1.75. The maximum absolute atomic E-state index is 10.9. The van der Waals surface area contributed by atoms with Crippen molar-refractivity contribution in [1.82, 2.24) is 0 Å². The van der Waals surface area contributed by atoms with Gasteiger partial charge in [0.1, 0.15) is 5.66 Å². The highest BCUT2D eigenvalue weighted by atomic mass is 32.1. The van der Waals surface area contributed by atoms with Crippen molar-refractivity contribution < 1.29 is 29.0 Å². The van der Waals surface area contributed by atoms with Gasteiger partial charge in [0.2, 0.25) is 0 Å². The molecule has 0 aliphatic heterocycles. The Morgan fingerprint density at radius 2 is 2.25 bits per heavy atom. The molecule has 6 nitrogen and oxygen atoms in total. The highest BCUT2D eigenvalue weighted by Crippen LogP contribution is 2.43. The van der Waals surface area contributed by atoms with Crippen LogP contribution in [0.2, 0.25) is 0 Å². The van der Waals surface area contributed by atoms with E-state index in [4.69, 9.17) is 14.5 Å². The predicted molar refractivity (Wildman–Crippen MR) is 55.4 cm³/mol. The summed E-state index contributed by atoms with van der Waals surface area (Å²) in [6, 6.07) is 3.17. The molecule has 1 rings (SSSR count). The summed E-state index contributed by atoms with van der Waals surface area (Å²) in [4.78, 5) is 28.8. The number of hydrogen-bond acceptors (Lipinski definition) is 5. The first-order valence-electron chi connectivity index (χ1n) is 4.23. The molecule has 1 unspecified atom stereocenters. The van der Waals surface area contributed by atoms with Gasteiger partial charge in [-0.25, -0.2) is 0 Å². The second-order valence-electron chi connectivity index (χ2n) is 3.05. The summed E-state index contributed by atoms with van der Waals surface area (Å²) >= 11 is 1.14. The summed E-state index contributed by atoms with van der Waals surface area (Å²) in [6.45, 7) is 0. The van der Waals surface area contributed by atoms with Crippen molar-refractivity contribution in [2.45, 2.75) is 12.1 Å². The van der Waals surface area contributed by atoms with Crippen LogP contribution in [0.1, 0.15) is 4.88 Å². The molecule has 2 N–H and O–H groups in total. The Kier molecular flexibility index (Phi) is 4.09. The molecule has 0 aliphatic carbocycles. The van der Waals surface area contributed by atoms with Crippen molar-refractivity contribution in [2.75, 3.05) is 7.11 Å². The molecule has 0 fully saturated rings. The standard InChI is InChI=1S/C8H11O6PS/c1-14-7-3-2-5(16-7)4-6(8(9)10)15(11,12)13/h2-3,6H,4H2,1H3,(H,9,10)(H2,11,12,13)/p-1. The van der Waals surface area contributed by atoms with E-state index in [1.807, 2.05) is 0 Å². The fourth-order valence-corrected chi connectivity index (χ4v) is 2.80. The van der Waals surface area contributed by atoms with Gasteiger partial charge in [0.15, 0.2) is 5.06 Å². The largest absolute Gasteiger partial charge is 0.549 e. The third-order valence-electron chi connectivity index (χ3n) is 1.91. The number of hydrogen-bond donors (Lipinski definition) is 2. The summed E-state index contributed by atoms with van der Waals surface area (Å²) < 4.78 is 15.8. The monoisotopic (exact) mass is 265 g/mol. The van der Waals surface area contributed by atoms with Crippen LogP contribution in [-0.2, 0) is 15.8 Å². The van der Waals surface area contributed by atoms with Gasteiger partial charge in [-0.2, -0.15) is 0 Å². The number of rotatable bonds is 5. The third kappa shape index (κ3) is 3.31. The molecule has 0 saturated carbocycles. The van der Waals surface area contributed by atoms with Gasteiger partial charge < -0.3 is 24.4 Å². The second-order valence-corrected chi connectivity index (χ2v) is 5.99. The first kappa shape index (κ1) is 13.2. The summed E-state index contributed by atoms with van der Waals surface area (Å²) in [5, 5.41) is 11.2. The topological polar surface area (TPSA) is 107 Å². The van der Waals surface area contributed by atoms with Crippen molar-refractivity contribution >= 4 is 24.9 Å². The van der Waals surface area contributed by atoms with Crippen LogP contribution in [0.4, 0.5) is 0 Å². The van der Waals surface area contributed by atoms with E-state index in [1.54, 1.807) is 12.1 Å². The van der Waals surface area contributed by atoms with Gasteiger partial charge in [-0.05, 0) is 12.1 Å². The lowest BCUT2D eigenvalue weighted by Gasteiger charge is -2.18. The predicted octanol–water partition coefficient (Wildman–Crippen LogP) is -0.405. The fourth-order valence-electron chi connectivity index (χ4n) is 1.11. The number of aliphatic carboxylic acids is 1. The van der Waals surface area contributed by atoms with Gasteiger partial charge in [-0.1, -0.05) is 0 Å². The molecular formula is C8H10O6PS-. The molecule has 0 aliphatic rings. The van der Waals surface area contributed by atoms with Crippen molar-refractivity contribution in [3.8, 4) is 5.06 Å². The molecule has 0 saturated heterocycles. The molecule has 16 heavy (non-hydrogen) atoms. The van der Waals surface area contributed by atoms with Crippen LogP contribution in [0.3, 0.4) is 0 Å². The van der Waals surface area contributed by atoms with Gasteiger partial charge in [0, 0.05) is 11.3 Å². The highest BCUT2D eigenvalue weighted by molar-refractivity contribution is 7.53. The Morgan fingerprint density at radius 1 is 1.62 bits per heavy atom. The Balaban J connectivity index is 2.84. The fraction of sp³-hybridized carbons (Fsp3) is 0.375. The van der Waals surface area contributed by atoms with Gasteiger partial charge in [-0.3, -0.25) is 4.57 Å². The normalized spacial score (nSPS) is 13.4. The highest BCUT2D eigenvalue weighted by Gasteiger charge is 2.30. The average molecular weight is 265 g/mol. The van der Waals surface area contributed by atoms with E-state index in [2.05, 4.69) is 0 Å². The summed E-state index contributed by atoms with van der Waals surface area (Å²) in [7, 11) is -3.24. The van der Waals surface area contributed by atoms with E-state index in [0.717, 1.165) is 11.3 Å². The van der Waals surface area contributed by atoms with Crippen LogP contribution in [-0.4, -0.2) is 28.5 Å². The number of carboxylic acid groups (broad SMARTS) is 1. The van der Waals surface area contributed by atoms with Crippen LogP contribution >= 0.6 is 18.9 Å². The Morgan fingerprint density at radius 3 is 2.62 bits per heavy atom. The minimum Gasteiger partial charge on any atom is -0.549 e. The number of carbonyl (C=O) groups excluding carboxylic acids is 1. The quantitative estimate of drug-likeness (QED) is 0.701. The van der Waals surface area contributed by atoms with E-state index in [-0.39, 0.29) is 6.42 Å². The number of carboxylic acids is 1. The van der Waals surface area contributed by atoms with E-state index in [0.29, 0.717) is 9.94 Å². The van der Waals surface area contributed by atoms with Gasteiger partial charge in [0.05, 0.1) is 13.1 Å². The van der Waals surface area contributed by atoms with E-state index in [1.165, 1.54) is 7.11 Å². The smallest absolute Gasteiger partial charge is 0.334 e. The molecule has 0 bridgehead atoms. The number of ether oxygens (including phenoxy) is 1. The maximum Gasteiger partial charge on any atom is 0.334 e.